The molecule has 3 rings (SSSR count). The number of phenols is 1. The molecule has 1 aliphatic rings. The van der Waals surface area contributed by atoms with Gasteiger partial charge in [0, 0.05) is 16.7 Å². The Labute approximate surface area is 176 Å². The van der Waals surface area contributed by atoms with Crippen LogP contribution < -0.4 is 14.8 Å². The van der Waals surface area contributed by atoms with Crippen molar-refractivity contribution in [1.29, 1.82) is 0 Å². The normalized spacial score (nSPS) is 14.9. The van der Waals surface area contributed by atoms with Gasteiger partial charge in [0.1, 0.15) is 22.8 Å². The van der Waals surface area contributed by atoms with Crippen LogP contribution in [0, 0.1) is 5.92 Å². The third kappa shape index (κ3) is 5.11. The molecule has 0 bridgehead atoms. The molecule has 5 nitrogen and oxygen atoms in total. The van der Waals surface area contributed by atoms with E-state index in [0.29, 0.717) is 28.7 Å². The number of aromatic hydroxyl groups is 1. The number of allylic oxidation sites excluding steroid dienone is 1. The van der Waals surface area contributed by atoms with Crippen molar-refractivity contribution in [2.24, 2.45) is 5.92 Å². The number of piperidine rings is 1. The second-order valence-electron chi connectivity index (χ2n) is 7.13. The number of ketones is 1. The highest BCUT2D eigenvalue weighted by molar-refractivity contribution is 6.30. The van der Waals surface area contributed by atoms with E-state index >= 15 is 0 Å². The lowest BCUT2D eigenvalue weighted by Gasteiger charge is -2.24. The first-order chi connectivity index (χ1) is 14.0. The Morgan fingerprint density at radius 2 is 1.93 bits per heavy atom. The highest BCUT2D eigenvalue weighted by Crippen LogP contribution is 2.41. The Balaban J connectivity index is 1.95. The van der Waals surface area contributed by atoms with Crippen molar-refractivity contribution >= 4 is 23.5 Å². The van der Waals surface area contributed by atoms with Gasteiger partial charge >= 0.3 is 0 Å². The number of benzene rings is 2. The first-order valence-corrected chi connectivity index (χ1v) is 10.1. The van der Waals surface area contributed by atoms with Crippen LogP contribution in [-0.2, 0) is 6.42 Å². The second kappa shape index (κ2) is 9.81. The Kier molecular flexibility index (Phi) is 7.18. The zero-order chi connectivity index (χ0) is 20.8. The van der Waals surface area contributed by atoms with Crippen LogP contribution in [0.15, 0.2) is 36.4 Å². The van der Waals surface area contributed by atoms with Gasteiger partial charge in [-0.3, -0.25) is 4.79 Å². The number of halogens is 1. The molecule has 0 amide bonds. The molecular formula is C23H26ClNO4. The maximum atomic E-state index is 12.9. The number of phenolic OH excluding ortho intramolecular Hbond substituents is 1. The summed E-state index contributed by atoms with van der Waals surface area (Å²) in [6, 6.07) is 8.88. The molecule has 154 valence electrons. The van der Waals surface area contributed by atoms with E-state index in [0.717, 1.165) is 31.5 Å². The fourth-order valence-corrected chi connectivity index (χ4v) is 3.88. The van der Waals surface area contributed by atoms with Crippen LogP contribution in [0.1, 0.15) is 34.3 Å². The van der Waals surface area contributed by atoms with Gasteiger partial charge in [0.25, 0.3) is 0 Å². The first-order valence-electron chi connectivity index (χ1n) is 9.69. The fourth-order valence-electron chi connectivity index (χ4n) is 3.68. The van der Waals surface area contributed by atoms with Gasteiger partial charge < -0.3 is 19.9 Å². The van der Waals surface area contributed by atoms with Crippen LogP contribution in [0.2, 0.25) is 5.02 Å². The van der Waals surface area contributed by atoms with Crippen LogP contribution >= 0.6 is 11.6 Å². The quantitative estimate of drug-likeness (QED) is 0.514. The van der Waals surface area contributed by atoms with E-state index in [-0.39, 0.29) is 22.8 Å². The number of methoxy groups -OCH3 is 2. The minimum Gasteiger partial charge on any atom is -0.507 e. The van der Waals surface area contributed by atoms with Crippen molar-refractivity contribution in [2.75, 3.05) is 27.3 Å². The number of carbonyl (C=O) groups is 1. The van der Waals surface area contributed by atoms with Crippen LogP contribution in [-0.4, -0.2) is 38.2 Å². The molecule has 0 aliphatic carbocycles. The summed E-state index contributed by atoms with van der Waals surface area (Å²) in [5, 5.41) is 14.9. The third-order valence-corrected chi connectivity index (χ3v) is 5.48. The first kappa shape index (κ1) is 21.2. The predicted molar refractivity (Wildman–Crippen MR) is 115 cm³/mol. The standard InChI is InChI=1S/C23H26ClNO4/c1-28-20-14-21(29-2)22(19(26)7-6-15-4-3-5-17(24)12-15)23(27)18(20)13-16-8-10-25-11-9-16/h3-7,12,14,16,25,27H,8-11,13H2,1-2H3/b7-6+. The zero-order valence-corrected chi connectivity index (χ0v) is 17.5. The molecule has 0 aromatic heterocycles. The molecule has 29 heavy (non-hydrogen) atoms. The molecule has 1 heterocycles. The van der Waals surface area contributed by atoms with Crippen LogP contribution in [0.4, 0.5) is 0 Å². The minimum atomic E-state index is -0.339. The molecule has 2 N–H and O–H groups in total. The summed E-state index contributed by atoms with van der Waals surface area (Å²) in [4.78, 5) is 12.9. The Morgan fingerprint density at radius 1 is 1.21 bits per heavy atom. The summed E-state index contributed by atoms with van der Waals surface area (Å²) in [5.41, 5.74) is 1.60. The molecule has 0 atom stereocenters. The van der Waals surface area contributed by atoms with Gasteiger partial charge in [0.15, 0.2) is 5.78 Å². The van der Waals surface area contributed by atoms with Crippen molar-refractivity contribution in [2.45, 2.75) is 19.3 Å². The Bertz CT molecular complexity index is 904. The number of rotatable bonds is 7. The molecule has 1 fully saturated rings. The van der Waals surface area contributed by atoms with Crippen molar-refractivity contribution in [1.82, 2.24) is 5.32 Å². The summed E-state index contributed by atoms with van der Waals surface area (Å²) in [6.07, 6.45) is 5.78. The highest BCUT2D eigenvalue weighted by atomic mass is 35.5. The van der Waals surface area contributed by atoms with Gasteiger partial charge in [0.2, 0.25) is 0 Å². The monoisotopic (exact) mass is 415 g/mol. The Morgan fingerprint density at radius 3 is 2.59 bits per heavy atom. The lowest BCUT2D eigenvalue weighted by Crippen LogP contribution is -2.28. The van der Waals surface area contributed by atoms with Gasteiger partial charge in [-0.25, -0.2) is 0 Å². The molecule has 0 saturated carbocycles. The van der Waals surface area contributed by atoms with E-state index < -0.39 is 0 Å². The molecule has 1 aliphatic heterocycles. The molecule has 6 heteroatoms. The molecular weight excluding hydrogens is 390 g/mol. The van der Waals surface area contributed by atoms with E-state index in [1.165, 1.54) is 13.2 Å². The SMILES string of the molecule is COc1cc(OC)c(C(=O)/C=C/c2cccc(Cl)c2)c(O)c1CC1CCNCC1. The molecule has 1 saturated heterocycles. The largest absolute Gasteiger partial charge is 0.507 e. The topological polar surface area (TPSA) is 67.8 Å². The molecule has 2 aromatic rings. The smallest absolute Gasteiger partial charge is 0.193 e. The summed E-state index contributed by atoms with van der Waals surface area (Å²) in [6.45, 7) is 1.91. The fraction of sp³-hybridized carbons (Fsp3) is 0.348. The molecule has 0 spiro atoms. The zero-order valence-electron chi connectivity index (χ0n) is 16.7. The highest BCUT2D eigenvalue weighted by Gasteiger charge is 2.25. The van der Waals surface area contributed by atoms with Crippen molar-refractivity contribution in [3.8, 4) is 17.2 Å². The maximum absolute atomic E-state index is 12.9. The summed E-state index contributed by atoms with van der Waals surface area (Å²) < 4.78 is 10.9. The number of carbonyl (C=O) groups excluding carboxylic acids is 1. The average molecular weight is 416 g/mol. The van der Waals surface area contributed by atoms with Gasteiger partial charge in [-0.15, -0.1) is 0 Å². The van der Waals surface area contributed by atoms with E-state index in [1.807, 2.05) is 12.1 Å². The second-order valence-corrected chi connectivity index (χ2v) is 7.57. The number of hydrogen-bond acceptors (Lipinski definition) is 5. The van der Waals surface area contributed by atoms with Gasteiger partial charge in [-0.05, 0) is 62.0 Å². The van der Waals surface area contributed by atoms with Crippen LogP contribution in [0.5, 0.6) is 17.2 Å². The van der Waals surface area contributed by atoms with E-state index in [2.05, 4.69) is 5.32 Å². The molecule has 0 unspecified atom stereocenters. The average Bonchev–Trinajstić information content (AvgIpc) is 2.74. The summed E-state index contributed by atoms with van der Waals surface area (Å²) in [7, 11) is 3.03. The van der Waals surface area contributed by atoms with E-state index in [1.54, 1.807) is 31.4 Å². The van der Waals surface area contributed by atoms with E-state index in [9.17, 15) is 9.90 Å². The Hall–Kier alpha value is -2.50. The van der Waals surface area contributed by atoms with Gasteiger partial charge in [-0.1, -0.05) is 29.8 Å². The number of nitrogens with one attached hydrogen (secondary N) is 1. The maximum Gasteiger partial charge on any atom is 0.193 e. The molecule has 0 radical (unpaired) electrons. The summed E-state index contributed by atoms with van der Waals surface area (Å²) >= 11 is 6.00. The van der Waals surface area contributed by atoms with Crippen molar-refractivity contribution in [3.05, 3.63) is 58.1 Å². The number of hydrogen-bond donors (Lipinski definition) is 2. The minimum absolute atomic E-state index is 0.0690. The predicted octanol–water partition coefficient (Wildman–Crippen LogP) is 4.50. The van der Waals surface area contributed by atoms with Gasteiger partial charge in [0.05, 0.1) is 14.2 Å². The van der Waals surface area contributed by atoms with Crippen molar-refractivity contribution < 1.29 is 19.4 Å². The van der Waals surface area contributed by atoms with E-state index in [4.69, 9.17) is 21.1 Å². The van der Waals surface area contributed by atoms with Crippen LogP contribution in [0.3, 0.4) is 0 Å². The lowest BCUT2D eigenvalue weighted by molar-refractivity contribution is 0.104. The molecule has 2 aromatic carbocycles. The summed E-state index contributed by atoms with van der Waals surface area (Å²) in [5.74, 6) is 0.839. The van der Waals surface area contributed by atoms with Gasteiger partial charge in [-0.2, -0.15) is 0 Å². The van der Waals surface area contributed by atoms with Crippen LogP contribution in [0.25, 0.3) is 6.08 Å². The lowest BCUT2D eigenvalue weighted by atomic mass is 9.88. The third-order valence-electron chi connectivity index (χ3n) is 5.24. The number of ether oxygens (including phenoxy) is 2. The van der Waals surface area contributed by atoms with Crippen molar-refractivity contribution in [3.63, 3.8) is 0 Å².